The lowest BCUT2D eigenvalue weighted by Gasteiger charge is -2.19. The van der Waals surface area contributed by atoms with Crippen LogP contribution in [0.15, 0.2) is 72.8 Å². The van der Waals surface area contributed by atoms with E-state index < -0.39 is 0 Å². The minimum absolute atomic E-state index is 0.0470. The normalized spacial score (nSPS) is 11.0. The highest BCUT2D eigenvalue weighted by Gasteiger charge is 2.14. The molecule has 0 aromatic heterocycles. The number of phenolic OH excluding ortho intramolecular Hbond substituents is 1. The summed E-state index contributed by atoms with van der Waals surface area (Å²) < 4.78 is 0. The van der Waals surface area contributed by atoms with Gasteiger partial charge in [-0.05, 0) is 65.1 Å². The standard InChI is InChI=1S/C25H26N2O3/c1-25(2,3)20-10-8-18(9-11-20)23(29)26-16-17-4-6-19(7-5-17)24(30)27-21-12-14-22(28)15-13-21/h4-15,28H,16H2,1-3H3,(H,26,29)(H,27,30). The second-order valence-electron chi connectivity index (χ2n) is 8.21. The summed E-state index contributed by atoms with van der Waals surface area (Å²) >= 11 is 0. The average molecular weight is 402 g/mol. The molecule has 0 radical (unpaired) electrons. The van der Waals surface area contributed by atoms with Gasteiger partial charge >= 0.3 is 0 Å². The minimum atomic E-state index is -0.241. The van der Waals surface area contributed by atoms with E-state index in [1.165, 1.54) is 17.7 Å². The van der Waals surface area contributed by atoms with Crippen LogP contribution in [0.5, 0.6) is 5.75 Å². The Bertz CT molecular complexity index is 1020. The van der Waals surface area contributed by atoms with Gasteiger partial charge in [-0.25, -0.2) is 0 Å². The Kier molecular flexibility index (Phi) is 6.21. The summed E-state index contributed by atoms with van der Waals surface area (Å²) in [6, 6.07) is 21.0. The fraction of sp³-hybridized carbons (Fsp3) is 0.200. The van der Waals surface area contributed by atoms with Crippen LogP contribution in [0.25, 0.3) is 0 Å². The van der Waals surface area contributed by atoms with E-state index in [4.69, 9.17) is 0 Å². The van der Waals surface area contributed by atoms with E-state index >= 15 is 0 Å². The van der Waals surface area contributed by atoms with E-state index in [-0.39, 0.29) is 23.0 Å². The molecule has 0 saturated heterocycles. The molecule has 3 rings (SSSR count). The molecule has 0 unspecified atom stereocenters. The molecule has 3 aromatic carbocycles. The maximum Gasteiger partial charge on any atom is 0.255 e. The van der Waals surface area contributed by atoms with Gasteiger partial charge in [0.25, 0.3) is 11.8 Å². The molecular weight excluding hydrogens is 376 g/mol. The molecule has 0 atom stereocenters. The molecule has 30 heavy (non-hydrogen) atoms. The predicted octanol–water partition coefficient (Wildman–Crippen LogP) is 4.87. The molecule has 0 aliphatic heterocycles. The largest absolute Gasteiger partial charge is 0.508 e. The van der Waals surface area contributed by atoms with Crippen molar-refractivity contribution in [3.8, 4) is 5.75 Å². The lowest BCUT2D eigenvalue weighted by atomic mass is 9.87. The van der Waals surface area contributed by atoms with Crippen molar-refractivity contribution in [3.63, 3.8) is 0 Å². The summed E-state index contributed by atoms with van der Waals surface area (Å²) in [5, 5.41) is 15.0. The van der Waals surface area contributed by atoms with E-state index in [1.807, 2.05) is 36.4 Å². The molecule has 5 heteroatoms. The maximum atomic E-state index is 12.4. The monoisotopic (exact) mass is 402 g/mol. The number of benzene rings is 3. The van der Waals surface area contributed by atoms with Gasteiger partial charge < -0.3 is 15.7 Å². The molecular formula is C25H26N2O3. The third kappa shape index (κ3) is 5.47. The molecule has 0 saturated carbocycles. The third-order valence-electron chi connectivity index (χ3n) is 4.81. The number of anilines is 1. The van der Waals surface area contributed by atoms with E-state index in [0.29, 0.717) is 23.4 Å². The van der Waals surface area contributed by atoms with Gasteiger partial charge in [-0.3, -0.25) is 9.59 Å². The number of carbonyl (C=O) groups is 2. The molecule has 2 amide bonds. The Hall–Kier alpha value is -3.60. The average Bonchev–Trinajstić information content (AvgIpc) is 2.73. The van der Waals surface area contributed by atoms with E-state index in [9.17, 15) is 14.7 Å². The van der Waals surface area contributed by atoms with Crippen molar-refractivity contribution >= 4 is 17.5 Å². The first-order valence-corrected chi connectivity index (χ1v) is 9.80. The molecule has 0 bridgehead atoms. The number of hydrogen-bond acceptors (Lipinski definition) is 3. The molecule has 154 valence electrons. The molecule has 0 heterocycles. The van der Waals surface area contributed by atoms with Crippen molar-refractivity contribution in [2.45, 2.75) is 32.7 Å². The van der Waals surface area contributed by atoms with Crippen molar-refractivity contribution in [1.82, 2.24) is 5.32 Å². The highest BCUT2D eigenvalue weighted by Crippen LogP contribution is 2.22. The first kappa shape index (κ1) is 21.1. The number of phenols is 1. The van der Waals surface area contributed by atoms with Gasteiger partial charge in [-0.1, -0.05) is 45.0 Å². The summed E-state index contributed by atoms with van der Waals surface area (Å²) in [6.45, 7) is 6.78. The number of hydrogen-bond donors (Lipinski definition) is 3. The van der Waals surface area contributed by atoms with Crippen molar-refractivity contribution < 1.29 is 14.7 Å². The lowest BCUT2D eigenvalue weighted by Crippen LogP contribution is -2.23. The lowest BCUT2D eigenvalue weighted by molar-refractivity contribution is 0.0949. The van der Waals surface area contributed by atoms with Gasteiger partial charge in [0.1, 0.15) is 5.75 Å². The van der Waals surface area contributed by atoms with Crippen LogP contribution in [0, 0.1) is 0 Å². The number of carbonyl (C=O) groups excluding carboxylic acids is 2. The number of nitrogens with one attached hydrogen (secondary N) is 2. The molecule has 5 nitrogen and oxygen atoms in total. The summed E-state index contributed by atoms with van der Waals surface area (Å²) in [7, 11) is 0. The Labute approximate surface area is 176 Å². The predicted molar refractivity (Wildman–Crippen MR) is 119 cm³/mol. The molecule has 0 spiro atoms. The van der Waals surface area contributed by atoms with Crippen molar-refractivity contribution in [1.29, 1.82) is 0 Å². The molecule has 3 aromatic rings. The Balaban J connectivity index is 1.55. The van der Waals surface area contributed by atoms with Gasteiger partial charge in [-0.15, -0.1) is 0 Å². The Morgan fingerprint density at radius 2 is 1.30 bits per heavy atom. The first-order chi connectivity index (χ1) is 14.2. The third-order valence-corrected chi connectivity index (χ3v) is 4.81. The fourth-order valence-electron chi connectivity index (χ4n) is 2.93. The van der Waals surface area contributed by atoms with Crippen molar-refractivity contribution in [3.05, 3.63) is 95.1 Å². The zero-order valence-electron chi connectivity index (χ0n) is 17.4. The molecule has 0 aliphatic rings. The smallest absolute Gasteiger partial charge is 0.255 e. The summed E-state index contributed by atoms with van der Waals surface area (Å²) in [5.41, 5.74) is 3.86. The maximum absolute atomic E-state index is 12.4. The number of amides is 2. The van der Waals surface area contributed by atoms with Crippen LogP contribution in [0.3, 0.4) is 0 Å². The highest BCUT2D eigenvalue weighted by molar-refractivity contribution is 6.04. The van der Waals surface area contributed by atoms with E-state index in [0.717, 1.165) is 5.56 Å². The summed E-state index contributed by atoms with van der Waals surface area (Å²) in [5.74, 6) is -0.232. The molecule has 3 N–H and O–H groups in total. The topological polar surface area (TPSA) is 78.4 Å². The Morgan fingerprint density at radius 1 is 0.767 bits per heavy atom. The van der Waals surface area contributed by atoms with Crippen LogP contribution in [0.2, 0.25) is 0 Å². The molecule has 0 fully saturated rings. The minimum Gasteiger partial charge on any atom is -0.508 e. The fourth-order valence-corrected chi connectivity index (χ4v) is 2.93. The van der Waals surface area contributed by atoms with E-state index in [1.54, 1.807) is 24.3 Å². The number of rotatable bonds is 5. The van der Waals surface area contributed by atoms with Crippen LogP contribution >= 0.6 is 0 Å². The van der Waals surface area contributed by atoms with Crippen molar-refractivity contribution in [2.75, 3.05) is 5.32 Å². The zero-order valence-corrected chi connectivity index (χ0v) is 17.4. The van der Waals surface area contributed by atoms with Crippen molar-refractivity contribution in [2.24, 2.45) is 0 Å². The highest BCUT2D eigenvalue weighted by atomic mass is 16.3. The van der Waals surface area contributed by atoms with Gasteiger partial charge in [0, 0.05) is 23.4 Å². The van der Waals surface area contributed by atoms with Crippen LogP contribution in [-0.4, -0.2) is 16.9 Å². The van der Waals surface area contributed by atoms with Crippen LogP contribution in [-0.2, 0) is 12.0 Å². The quantitative estimate of drug-likeness (QED) is 0.533. The first-order valence-electron chi connectivity index (χ1n) is 9.80. The van der Waals surface area contributed by atoms with Gasteiger partial charge in [-0.2, -0.15) is 0 Å². The van der Waals surface area contributed by atoms with E-state index in [2.05, 4.69) is 31.4 Å². The summed E-state index contributed by atoms with van der Waals surface area (Å²) in [6.07, 6.45) is 0. The van der Waals surface area contributed by atoms with Crippen LogP contribution in [0.4, 0.5) is 5.69 Å². The second kappa shape index (κ2) is 8.82. The second-order valence-corrected chi connectivity index (χ2v) is 8.21. The van der Waals surface area contributed by atoms with Gasteiger partial charge in [0.2, 0.25) is 0 Å². The SMILES string of the molecule is CC(C)(C)c1ccc(C(=O)NCc2ccc(C(=O)Nc3ccc(O)cc3)cc2)cc1. The van der Waals surface area contributed by atoms with Crippen LogP contribution < -0.4 is 10.6 Å². The number of aromatic hydroxyl groups is 1. The van der Waals surface area contributed by atoms with Crippen LogP contribution in [0.1, 0.15) is 52.6 Å². The zero-order chi connectivity index (χ0) is 21.7. The molecule has 0 aliphatic carbocycles. The summed E-state index contributed by atoms with van der Waals surface area (Å²) in [4.78, 5) is 24.7. The Morgan fingerprint density at radius 3 is 1.87 bits per heavy atom. The van der Waals surface area contributed by atoms with Gasteiger partial charge in [0.05, 0.1) is 0 Å². The van der Waals surface area contributed by atoms with Gasteiger partial charge in [0.15, 0.2) is 0 Å².